The third kappa shape index (κ3) is 3.32. The zero-order chi connectivity index (χ0) is 10.5. The van der Waals surface area contributed by atoms with Crippen LogP contribution in [0.3, 0.4) is 0 Å². The molecule has 0 rings (SSSR count). The third-order valence-corrected chi connectivity index (χ3v) is 2.28. The molecule has 0 fully saturated rings. The number of aliphatic hydroxyl groups is 1. The summed E-state index contributed by atoms with van der Waals surface area (Å²) in [5, 5.41) is 17.6. The van der Waals surface area contributed by atoms with Crippen LogP contribution in [0.15, 0.2) is 0 Å². The minimum atomic E-state index is -0.843. The van der Waals surface area contributed by atoms with Gasteiger partial charge in [0.2, 0.25) is 0 Å². The third-order valence-electron chi connectivity index (χ3n) is 2.28. The van der Waals surface area contributed by atoms with Crippen LogP contribution in [0.5, 0.6) is 0 Å². The van der Waals surface area contributed by atoms with Crippen LogP contribution in [0.1, 0.15) is 27.2 Å². The van der Waals surface area contributed by atoms with Gasteiger partial charge in [-0.2, -0.15) is 0 Å². The van der Waals surface area contributed by atoms with Gasteiger partial charge in [0.1, 0.15) is 5.54 Å². The van der Waals surface area contributed by atoms with Crippen LogP contribution in [0.2, 0.25) is 0 Å². The Bertz CT molecular complexity index is 168. The van der Waals surface area contributed by atoms with Gasteiger partial charge >= 0.3 is 5.97 Å². The monoisotopic (exact) mass is 189 g/mol. The lowest BCUT2D eigenvalue weighted by molar-refractivity contribution is -0.149. The van der Waals surface area contributed by atoms with Gasteiger partial charge in [-0.1, -0.05) is 6.92 Å². The average molecular weight is 189 g/mol. The molecule has 0 aliphatic carbocycles. The molecule has 0 radical (unpaired) electrons. The predicted octanol–water partition coefficient (Wildman–Crippen LogP) is 0.554. The Morgan fingerprint density at radius 2 is 2.00 bits per heavy atom. The predicted molar refractivity (Wildman–Crippen MR) is 50.7 cm³/mol. The largest absolute Gasteiger partial charge is 0.480 e. The molecule has 0 saturated heterocycles. The van der Waals surface area contributed by atoms with E-state index in [0.29, 0.717) is 19.5 Å². The van der Waals surface area contributed by atoms with Gasteiger partial charge in [0, 0.05) is 13.2 Å². The lowest BCUT2D eigenvalue weighted by Gasteiger charge is -2.33. The first-order valence-electron chi connectivity index (χ1n) is 4.56. The first-order chi connectivity index (χ1) is 5.96. The zero-order valence-corrected chi connectivity index (χ0v) is 8.58. The molecule has 4 nitrogen and oxygen atoms in total. The highest BCUT2D eigenvalue weighted by molar-refractivity contribution is 5.77. The van der Waals surface area contributed by atoms with Crippen LogP contribution < -0.4 is 0 Å². The van der Waals surface area contributed by atoms with Gasteiger partial charge in [0.05, 0.1) is 0 Å². The van der Waals surface area contributed by atoms with E-state index in [9.17, 15) is 4.79 Å². The SMILES string of the molecule is CCN(CCCO)C(C)(C)C(=O)O. The van der Waals surface area contributed by atoms with Gasteiger partial charge in [0.25, 0.3) is 0 Å². The first kappa shape index (κ1) is 12.4. The molecule has 0 saturated carbocycles. The molecular formula is C9H19NO3. The topological polar surface area (TPSA) is 60.8 Å². The van der Waals surface area contributed by atoms with Crippen molar-refractivity contribution in [3.63, 3.8) is 0 Å². The van der Waals surface area contributed by atoms with E-state index in [1.54, 1.807) is 13.8 Å². The molecule has 0 aliphatic rings. The highest BCUT2D eigenvalue weighted by atomic mass is 16.4. The number of likely N-dealkylation sites (N-methyl/N-ethyl adjacent to an activating group) is 1. The lowest BCUT2D eigenvalue weighted by Crippen LogP contribution is -2.50. The van der Waals surface area contributed by atoms with E-state index in [1.165, 1.54) is 0 Å². The highest BCUT2D eigenvalue weighted by Crippen LogP contribution is 2.14. The molecule has 4 heteroatoms. The standard InChI is InChI=1S/C9H19NO3/c1-4-10(6-5-7-11)9(2,3)8(12)13/h11H,4-7H2,1-3H3,(H,12,13). The molecule has 0 atom stereocenters. The Morgan fingerprint density at radius 1 is 1.46 bits per heavy atom. The van der Waals surface area contributed by atoms with E-state index in [-0.39, 0.29) is 6.61 Å². The van der Waals surface area contributed by atoms with Crippen LogP contribution in [0.4, 0.5) is 0 Å². The minimum absolute atomic E-state index is 0.103. The minimum Gasteiger partial charge on any atom is -0.480 e. The van der Waals surface area contributed by atoms with E-state index >= 15 is 0 Å². The van der Waals surface area contributed by atoms with Crippen molar-refractivity contribution >= 4 is 5.97 Å². The molecule has 0 aromatic heterocycles. The number of hydrogen-bond donors (Lipinski definition) is 2. The summed E-state index contributed by atoms with van der Waals surface area (Å²) in [4.78, 5) is 12.7. The number of carboxylic acids is 1. The van der Waals surface area contributed by atoms with E-state index < -0.39 is 11.5 Å². The van der Waals surface area contributed by atoms with Crippen LogP contribution in [-0.4, -0.2) is 46.3 Å². The Kier molecular flexibility index (Phi) is 4.95. The Labute approximate surface area is 79.2 Å². The molecular weight excluding hydrogens is 170 g/mol. The number of nitrogens with zero attached hydrogens (tertiary/aromatic N) is 1. The molecule has 0 heterocycles. The lowest BCUT2D eigenvalue weighted by atomic mass is 10.0. The summed E-state index contributed by atoms with van der Waals surface area (Å²) in [6, 6.07) is 0. The molecule has 0 bridgehead atoms. The smallest absolute Gasteiger partial charge is 0.323 e. The van der Waals surface area contributed by atoms with E-state index in [1.807, 2.05) is 11.8 Å². The van der Waals surface area contributed by atoms with E-state index in [0.717, 1.165) is 0 Å². The second kappa shape index (κ2) is 5.19. The maximum Gasteiger partial charge on any atom is 0.323 e. The second-order valence-corrected chi connectivity index (χ2v) is 3.52. The number of carbonyl (C=O) groups is 1. The molecule has 0 spiro atoms. The van der Waals surface area contributed by atoms with Gasteiger partial charge in [-0.25, -0.2) is 0 Å². The van der Waals surface area contributed by atoms with Crippen molar-refractivity contribution in [3.8, 4) is 0 Å². The maximum absolute atomic E-state index is 10.9. The fourth-order valence-corrected chi connectivity index (χ4v) is 1.23. The number of carboxylic acid groups (broad SMARTS) is 1. The molecule has 0 aromatic rings. The average Bonchev–Trinajstić information content (AvgIpc) is 2.05. The fourth-order valence-electron chi connectivity index (χ4n) is 1.23. The van der Waals surface area contributed by atoms with Gasteiger partial charge in [0.15, 0.2) is 0 Å². The summed E-state index contributed by atoms with van der Waals surface area (Å²) in [5.41, 5.74) is -0.843. The van der Waals surface area contributed by atoms with Crippen LogP contribution in [0, 0.1) is 0 Å². The summed E-state index contributed by atoms with van der Waals surface area (Å²) in [7, 11) is 0. The van der Waals surface area contributed by atoms with Crippen molar-refractivity contribution in [3.05, 3.63) is 0 Å². The summed E-state index contributed by atoms with van der Waals surface area (Å²) in [6.45, 7) is 6.67. The van der Waals surface area contributed by atoms with Crippen molar-refractivity contribution in [2.75, 3.05) is 19.7 Å². The van der Waals surface area contributed by atoms with Crippen molar-refractivity contribution in [1.82, 2.24) is 4.90 Å². The van der Waals surface area contributed by atoms with E-state index in [4.69, 9.17) is 10.2 Å². The van der Waals surface area contributed by atoms with Crippen LogP contribution in [0.25, 0.3) is 0 Å². The normalized spacial score (nSPS) is 12.1. The second-order valence-electron chi connectivity index (χ2n) is 3.52. The van der Waals surface area contributed by atoms with Gasteiger partial charge in [-0.3, -0.25) is 9.69 Å². The van der Waals surface area contributed by atoms with Gasteiger partial charge in [-0.05, 0) is 26.8 Å². The molecule has 0 aliphatic heterocycles. The van der Waals surface area contributed by atoms with Gasteiger partial charge in [-0.15, -0.1) is 0 Å². The Hall–Kier alpha value is -0.610. The first-order valence-corrected chi connectivity index (χ1v) is 4.56. The fraction of sp³-hybridized carbons (Fsp3) is 0.889. The van der Waals surface area contributed by atoms with Gasteiger partial charge < -0.3 is 10.2 Å². The molecule has 13 heavy (non-hydrogen) atoms. The zero-order valence-electron chi connectivity index (χ0n) is 8.58. The maximum atomic E-state index is 10.9. The molecule has 0 amide bonds. The molecule has 0 unspecified atom stereocenters. The summed E-state index contributed by atoms with van der Waals surface area (Å²) < 4.78 is 0. The van der Waals surface area contributed by atoms with Crippen molar-refractivity contribution in [2.24, 2.45) is 0 Å². The number of aliphatic hydroxyl groups excluding tert-OH is 1. The van der Waals surface area contributed by atoms with Crippen molar-refractivity contribution < 1.29 is 15.0 Å². The number of hydrogen-bond acceptors (Lipinski definition) is 3. The molecule has 78 valence electrons. The van der Waals surface area contributed by atoms with Crippen molar-refractivity contribution in [2.45, 2.75) is 32.7 Å². The molecule has 2 N–H and O–H groups in total. The molecule has 0 aromatic carbocycles. The summed E-state index contributed by atoms with van der Waals surface area (Å²) >= 11 is 0. The number of aliphatic carboxylic acids is 1. The van der Waals surface area contributed by atoms with Crippen LogP contribution in [-0.2, 0) is 4.79 Å². The Morgan fingerprint density at radius 3 is 2.31 bits per heavy atom. The quantitative estimate of drug-likeness (QED) is 0.640. The highest BCUT2D eigenvalue weighted by Gasteiger charge is 2.32. The summed E-state index contributed by atoms with van der Waals surface area (Å²) in [5.74, 6) is -0.827. The summed E-state index contributed by atoms with van der Waals surface area (Å²) in [6.07, 6.45) is 0.616. The van der Waals surface area contributed by atoms with Crippen LogP contribution >= 0.6 is 0 Å². The number of rotatable bonds is 6. The van der Waals surface area contributed by atoms with E-state index in [2.05, 4.69) is 0 Å². The van der Waals surface area contributed by atoms with Crippen molar-refractivity contribution in [1.29, 1.82) is 0 Å². The Balaban J connectivity index is 4.28.